The minimum Gasteiger partial charge on any atom is -0.477 e. The van der Waals surface area contributed by atoms with Crippen LogP contribution in [0.5, 0.6) is 0 Å². The molecule has 0 saturated heterocycles. The van der Waals surface area contributed by atoms with Gasteiger partial charge in [-0.2, -0.15) is 5.10 Å². The smallest absolute Gasteiger partial charge is 0.341 e. The Labute approximate surface area is 123 Å². The molecule has 2 aromatic rings. The van der Waals surface area contributed by atoms with E-state index < -0.39 is 5.97 Å². The summed E-state index contributed by atoms with van der Waals surface area (Å²) in [6, 6.07) is 9.45. The maximum Gasteiger partial charge on any atom is 0.341 e. The number of aliphatic hydroxyl groups excluding tert-OH is 1. The lowest BCUT2D eigenvalue weighted by atomic mass is 10.1. The molecular weight excluding hydrogens is 270 g/mol. The third kappa shape index (κ3) is 3.41. The fourth-order valence-electron chi connectivity index (χ4n) is 2.33. The molecule has 112 valence electrons. The van der Waals surface area contributed by atoms with Gasteiger partial charge in [-0.1, -0.05) is 30.3 Å². The lowest BCUT2D eigenvalue weighted by molar-refractivity contribution is 0.0697. The number of hydrogen-bond acceptors (Lipinski definition) is 4. The molecule has 1 atom stereocenters. The highest BCUT2D eigenvalue weighted by Crippen LogP contribution is 2.20. The Balaban J connectivity index is 2.21. The molecule has 0 aliphatic heterocycles. The summed E-state index contributed by atoms with van der Waals surface area (Å²) in [6.45, 7) is 1.55. The van der Waals surface area contributed by atoms with E-state index in [2.05, 4.69) is 10.4 Å². The summed E-state index contributed by atoms with van der Waals surface area (Å²) in [5.41, 5.74) is 1.66. The predicted molar refractivity (Wildman–Crippen MR) is 79.5 cm³/mol. The van der Waals surface area contributed by atoms with Crippen LogP contribution in [0.4, 0.5) is 5.82 Å². The first-order valence-electron chi connectivity index (χ1n) is 6.71. The van der Waals surface area contributed by atoms with E-state index in [4.69, 9.17) is 0 Å². The zero-order chi connectivity index (χ0) is 15.4. The summed E-state index contributed by atoms with van der Waals surface area (Å²) in [5, 5.41) is 26.0. The van der Waals surface area contributed by atoms with Crippen LogP contribution in [0.25, 0.3) is 0 Å². The zero-order valence-electron chi connectivity index (χ0n) is 12.1. The van der Waals surface area contributed by atoms with Crippen LogP contribution < -0.4 is 5.32 Å². The molecule has 2 rings (SSSR count). The Morgan fingerprint density at radius 1 is 1.38 bits per heavy atom. The second-order valence-corrected chi connectivity index (χ2v) is 4.95. The molecule has 21 heavy (non-hydrogen) atoms. The monoisotopic (exact) mass is 289 g/mol. The van der Waals surface area contributed by atoms with Crippen molar-refractivity contribution in [3.05, 3.63) is 47.2 Å². The second kappa shape index (κ2) is 6.41. The highest BCUT2D eigenvalue weighted by molar-refractivity contribution is 5.94. The standard InChI is InChI=1S/C15H19N3O3/c1-10-13(15(20)21)14(18(2)17-10)16-12(9-19)8-11-6-4-3-5-7-11/h3-7,12,16,19H,8-9H2,1-2H3,(H,20,21). The molecule has 0 saturated carbocycles. The van der Waals surface area contributed by atoms with Crippen molar-refractivity contribution in [3.63, 3.8) is 0 Å². The third-order valence-electron chi connectivity index (χ3n) is 3.32. The van der Waals surface area contributed by atoms with Crippen LogP contribution >= 0.6 is 0 Å². The van der Waals surface area contributed by atoms with Crippen LogP contribution in [0, 0.1) is 6.92 Å². The predicted octanol–water partition coefficient (Wildman–Crippen LogP) is 1.44. The van der Waals surface area contributed by atoms with E-state index in [-0.39, 0.29) is 18.2 Å². The number of nitrogens with one attached hydrogen (secondary N) is 1. The summed E-state index contributed by atoms with van der Waals surface area (Å²) in [5.74, 6) is -0.616. The molecule has 0 aliphatic rings. The molecule has 1 unspecified atom stereocenters. The van der Waals surface area contributed by atoms with Gasteiger partial charge in [0.1, 0.15) is 11.4 Å². The molecule has 1 aromatic carbocycles. The summed E-state index contributed by atoms with van der Waals surface area (Å²) >= 11 is 0. The second-order valence-electron chi connectivity index (χ2n) is 4.95. The number of rotatable bonds is 6. The maximum atomic E-state index is 11.3. The van der Waals surface area contributed by atoms with E-state index in [9.17, 15) is 15.0 Å². The van der Waals surface area contributed by atoms with Crippen LogP contribution in [0.15, 0.2) is 30.3 Å². The normalized spacial score (nSPS) is 12.1. The van der Waals surface area contributed by atoms with Crippen molar-refractivity contribution >= 4 is 11.8 Å². The first kappa shape index (κ1) is 15.1. The van der Waals surface area contributed by atoms with Crippen LogP contribution in [0.1, 0.15) is 21.6 Å². The molecule has 0 aliphatic carbocycles. The van der Waals surface area contributed by atoms with E-state index in [1.807, 2.05) is 30.3 Å². The molecule has 6 nitrogen and oxygen atoms in total. The van der Waals surface area contributed by atoms with Crippen molar-refractivity contribution in [2.75, 3.05) is 11.9 Å². The lowest BCUT2D eigenvalue weighted by Crippen LogP contribution is -2.28. The van der Waals surface area contributed by atoms with Gasteiger partial charge < -0.3 is 15.5 Å². The number of anilines is 1. The fourth-order valence-corrected chi connectivity index (χ4v) is 2.33. The van der Waals surface area contributed by atoms with Gasteiger partial charge in [0.25, 0.3) is 0 Å². The molecule has 0 amide bonds. The number of carboxylic acids is 1. The van der Waals surface area contributed by atoms with Gasteiger partial charge in [-0.3, -0.25) is 4.68 Å². The summed E-state index contributed by atoms with van der Waals surface area (Å²) < 4.78 is 1.49. The quantitative estimate of drug-likeness (QED) is 0.749. The molecule has 1 heterocycles. The molecule has 0 bridgehead atoms. The van der Waals surface area contributed by atoms with Crippen molar-refractivity contribution in [2.45, 2.75) is 19.4 Å². The molecule has 0 spiro atoms. The topological polar surface area (TPSA) is 87.4 Å². The Hall–Kier alpha value is -2.34. The average molecular weight is 289 g/mol. The van der Waals surface area contributed by atoms with Crippen LogP contribution in [-0.2, 0) is 13.5 Å². The number of benzene rings is 1. The molecule has 6 heteroatoms. The third-order valence-corrected chi connectivity index (χ3v) is 3.32. The Morgan fingerprint density at radius 2 is 2.05 bits per heavy atom. The van der Waals surface area contributed by atoms with E-state index in [0.717, 1.165) is 5.56 Å². The minimum atomic E-state index is -1.03. The van der Waals surface area contributed by atoms with E-state index in [0.29, 0.717) is 17.9 Å². The van der Waals surface area contributed by atoms with Gasteiger partial charge in [0.15, 0.2) is 0 Å². The Morgan fingerprint density at radius 3 is 2.62 bits per heavy atom. The summed E-state index contributed by atoms with van der Waals surface area (Å²) in [7, 11) is 1.68. The Kier molecular flexibility index (Phi) is 4.59. The summed E-state index contributed by atoms with van der Waals surface area (Å²) in [4.78, 5) is 11.3. The highest BCUT2D eigenvalue weighted by atomic mass is 16.4. The fraction of sp³-hybridized carbons (Fsp3) is 0.333. The Bertz CT molecular complexity index is 623. The summed E-state index contributed by atoms with van der Waals surface area (Å²) in [6.07, 6.45) is 0.598. The van der Waals surface area contributed by atoms with Gasteiger partial charge in [0.2, 0.25) is 0 Å². The van der Waals surface area contributed by atoms with Gasteiger partial charge in [-0.05, 0) is 18.9 Å². The number of carboxylic acid groups (broad SMARTS) is 1. The minimum absolute atomic E-state index is 0.0990. The van der Waals surface area contributed by atoms with Crippen LogP contribution in [0.3, 0.4) is 0 Å². The van der Waals surface area contributed by atoms with E-state index in [1.165, 1.54) is 4.68 Å². The van der Waals surface area contributed by atoms with Gasteiger partial charge >= 0.3 is 5.97 Å². The van der Waals surface area contributed by atoms with Gasteiger partial charge in [-0.15, -0.1) is 0 Å². The highest BCUT2D eigenvalue weighted by Gasteiger charge is 2.21. The van der Waals surface area contributed by atoms with Crippen LogP contribution in [0.2, 0.25) is 0 Å². The van der Waals surface area contributed by atoms with E-state index >= 15 is 0 Å². The first-order chi connectivity index (χ1) is 10.0. The van der Waals surface area contributed by atoms with Gasteiger partial charge in [-0.25, -0.2) is 4.79 Å². The van der Waals surface area contributed by atoms with Gasteiger partial charge in [0, 0.05) is 7.05 Å². The van der Waals surface area contributed by atoms with E-state index in [1.54, 1.807) is 14.0 Å². The zero-order valence-corrected chi connectivity index (χ0v) is 12.1. The first-order valence-corrected chi connectivity index (χ1v) is 6.71. The largest absolute Gasteiger partial charge is 0.477 e. The molecule has 0 fully saturated rings. The molecule has 1 aromatic heterocycles. The SMILES string of the molecule is Cc1nn(C)c(NC(CO)Cc2ccccc2)c1C(=O)O. The number of aromatic carboxylic acids is 1. The number of aryl methyl sites for hydroxylation is 2. The maximum absolute atomic E-state index is 11.3. The number of carbonyl (C=O) groups is 1. The lowest BCUT2D eigenvalue weighted by Gasteiger charge is -2.18. The molecule has 0 radical (unpaired) electrons. The van der Waals surface area contributed by atoms with Crippen molar-refractivity contribution in [3.8, 4) is 0 Å². The van der Waals surface area contributed by atoms with Crippen molar-refractivity contribution in [1.29, 1.82) is 0 Å². The number of aliphatic hydroxyl groups is 1. The van der Waals surface area contributed by atoms with Crippen molar-refractivity contribution in [2.24, 2.45) is 7.05 Å². The van der Waals surface area contributed by atoms with Crippen molar-refractivity contribution in [1.82, 2.24) is 9.78 Å². The average Bonchev–Trinajstić information content (AvgIpc) is 2.73. The van der Waals surface area contributed by atoms with Gasteiger partial charge in [0.05, 0.1) is 18.3 Å². The molecule has 3 N–H and O–H groups in total. The van der Waals surface area contributed by atoms with Crippen molar-refractivity contribution < 1.29 is 15.0 Å². The number of hydrogen-bond donors (Lipinski definition) is 3. The molecular formula is C15H19N3O3. The number of aromatic nitrogens is 2. The number of nitrogens with zero attached hydrogens (tertiary/aromatic N) is 2. The van der Waals surface area contributed by atoms with Crippen LogP contribution in [-0.4, -0.2) is 38.6 Å².